The van der Waals surface area contributed by atoms with Crippen molar-refractivity contribution in [2.24, 2.45) is 15.7 Å². The Kier molecular flexibility index (Phi) is 7.28. The maximum atomic E-state index is 14.4. The molecule has 162 valence electrons. The maximum absolute atomic E-state index is 14.4. The summed E-state index contributed by atoms with van der Waals surface area (Å²) in [7, 11) is 0. The molecular formula is C20H26ClFN6O2. The lowest BCUT2D eigenvalue weighted by Gasteiger charge is -2.35. The summed E-state index contributed by atoms with van der Waals surface area (Å²) in [6, 6.07) is -0.237. The number of rotatable bonds is 7. The predicted octanol–water partition coefficient (Wildman–Crippen LogP) is 0.293. The number of fused-ring (bicyclic) bond motifs is 1. The molecule has 30 heavy (non-hydrogen) atoms. The molecule has 1 aromatic rings. The van der Waals surface area contributed by atoms with Gasteiger partial charge in [-0.25, -0.2) is 9.38 Å². The van der Waals surface area contributed by atoms with Gasteiger partial charge in [0.25, 0.3) is 0 Å². The van der Waals surface area contributed by atoms with E-state index in [0.29, 0.717) is 43.8 Å². The first-order chi connectivity index (χ1) is 14.4. The van der Waals surface area contributed by atoms with Crippen LogP contribution >= 0.6 is 11.6 Å². The molecule has 4 N–H and O–H groups in total. The first-order valence-corrected chi connectivity index (χ1v) is 10.2. The van der Waals surface area contributed by atoms with E-state index in [9.17, 15) is 9.18 Å². The molecule has 0 aromatic carbocycles. The van der Waals surface area contributed by atoms with E-state index in [1.54, 1.807) is 11.1 Å². The van der Waals surface area contributed by atoms with Crippen LogP contribution in [0.1, 0.15) is 18.9 Å². The van der Waals surface area contributed by atoms with Crippen molar-refractivity contribution in [3.05, 3.63) is 46.8 Å². The Morgan fingerprint density at radius 2 is 2.43 bits per heavy atom. The predicted molar refractivity (Wildman–Crippen MR) is 114 cm³/mol. The number of nitrogens with one attached hydrogen (secondary N) is 2. The number of ether oxygens (including phenoxy) is 1. The fourth-order valence-electron chi connectivity index (χ4n) is 3.37. The molecule has 1 aromatic heterocycles. The Morgan fingerprint density at radius 3 is 3.17 bits per heavy atom. The topological polar surface area (TPSA) is 108 Å². The van der Waals surface area contributed by atoms with Gasteiger partial charge in [-0.15, -0.1) is 11.6 Å². The van der Waals surface area contributed by atoms with Crippen molar-refractivity contribution < 1.29 is 13.9 Å². The SMILES string of the molecule is C=C/C(F)=C(\N=C(/N)c1c[nH]c2c1=CC(Cl)CN=2)NCC1COCCN1C(=O)CC. The van der Waals surface area contributed by atoms with E-state index >= 15 is 0 Å². The summed E-state index contributed by atoms with van der Waals surface area (Å²) in [5.41, 5.74) is 7.41. The zero-order valence-corrected chi connectivity index (χ0v) is 17.6. The van der Waals surface area contributed by atoms with E-state index < -0.39 is 5.83 Å². The maximum Gasteiger partial charge on any atom is 0.222 e. The molecule has 10 heteroatoms. The number of nitrogens with two attached hydrogens (primary N) is 1. The highest BCUT2D eigenvalue weighted by atomic mass is 35.5. The number of aliphatic imine (C=N–C) groups is 1. The van der Waals surface area contributed by atoms with Crippen molar-refractivity contribution in [3.63, 3.8) is 0 Å². The summed E-state index contributed by atoms with van der Waals surface area (Å²) in [6.07, 6.45) is 4.95. The van der Waals surface area contributed by atoms with Gasteiger partial charge in [0, 0.05) is 36.5 Å². The summed E-state index contributed by atoms with van der Waals surface area (Å²) in [6.45, 7) is 7.35. The van der Waals surface area contributed by atoms with Gasteiger partial charge in [0.2, 0.25) is 5.91 Å². The number of carbonyl (C=O) groups excluding carboxylic acids is 1. The van der Waals surface area contributed by atoms with Crippen LogP contribution in [-0.4, -0.2) is 65.9 Å². The Labute approximate surface area is 179 Å². The van der Waals surface area contributed by atoms with Crippen LogP contribution in [0.2, 0.25) is 0 Å². The van der Waals surface area contributed by atoms with Crippen LogP contribution in [0.4, 0.5) is 4.39 Å². The second kappa shape index (κ2) is 9.90. The quantitative estimate of drug-likeness (QED) is 0.247. The zero-order chi connectivity index (χ0) is 21.7. The number of alkyl halides is 1. The van der Waals surface area contributed by atoms with Crippen molar-refractivity contribution >= 4 is 29.4 Å². The lowest BCUT2D eigenvalue weighted by Crippen LogP contribution is -2.52. The molecule has 8 nitrogen and oxygen atoms in total. The smallest absolute Gasteiger partial charge is 0.222 e. The van der Waals surface area contributed by atoms with Crippen LogP contribution in [-0.2, 0) is 9.53 Å². The molecule has 1 amide bonds. The van der Waals surface area contributed by atoms with Crippen molar-refractivity contribution in [1.82, 2.24) is 15.2 Å². The number of hydrogen-bond donors (Lipinski definition) is 3. The van der Waals surface area contributed by atoms with Crippen LogP contribution in [0.15, 0.2) is 40.5 Å². The Morgan fingerprint density at radius 1 is 1.63 bits per heavy atom. The molecule has 0 aliphatic carbocycles. The molecular weight excluding hydrogens is 411 g/mol. The monoisotopic (exact) mass is 436 g/mol. The third-order valence-corrected chi connectivity index (χ3v) is 5.20. The molecule has 3 heterocycles. The van der Waals surface area contributed by atoms with Gasteiger partial charge in [-0.3, -0.25) is 9.79 Å². The van der Waals surface area contributed by atoms with E-state index in [1.165, 1.54) is 0 Å². The summed E-state index contributed by atoms with van der Waals surface area (Å²) >= 11 is 6.16. The molecule has 2 aliphatic rings. The Bertz CT molecular complexity index is 986. The molecule has 0 bridgehead atoms. The lowest BCUT2D eigenvalue weighted by molar-refractivity contribution is -0.139. The number of amides is 1. The van der Waals surface area contributed by atoms with Crippen LogP contribution in [0.25, 0.3) is 6.08 Å². The van der Waals surface area contributed by atoms with Crippen LogP contribution in [0, 0.1) is 0 Å². The molecule has 1 saturated heterocycles. The molecule has 0 radical (unpaired) electrons. The van der Waals surface area contributed by atoms with Crippen LogP contribution in [0.3, 0.4) is 0 Å². The number of aromatic amines is 1. The second-order valence-electron chi connectivity index (χ2n) is 6.94. The number of hydrogen-bond acceptors (Lipinski definition) is 5. The molecule has 1 fully saturated rings. The summed E-state index contributed by atoms with van der Waals surface area (Å²) in [4.78, 5) is 25.5. The zero-order valence-electron chi connectivity index (χ0n) is 16.8. The number of allylic oxidation sites excluding steroid dienone is 2. The van der Waals surface area contributed by atoms with Gasteiger partial charge >= 0.3 is 0 Å². The first kappa shape index (κ1) is 22.0. The first-order valence-electron chi connectivity index (χ1n) is 9.80. The summed E-state index contributed by atoms with van der Waals surface area (Å²) < 4.78 is 19.9. The second-order valence-corrected chi connectivity index (χ2v) is 7.50. The fraction of sp³-hybridized carbons (Fsp3) is 0.450. The minimum Gasteiger partial charge on any atom is -0.383 e. The standard InChI is InChI=1S/C20H26ClFN6O2/c1-3-16(22)20(25-9-13-11-30-6-5-28(13)17(29)4-2)27-18(23)15-10-26-19-14(15)7-12(21)8-24-19/h3,7,10,12-13,25H,1,4-6,8-9,11H2,2H3,(H2,23,27)(H,24,26)/b20-16+. The molecule has 0 saturated carbocycles. The number of amidine groups is 1. The van der Waals surface area contributed by atoms with Gasteiger partial charge in [0.15, 0.2) is 11.6 Å². The third-order valence-electron chi connectivity index (χ3n) is 4.94. The Balaban J connectivity index is 1.83. The van der Waals surface area contributed by atoms with E-state index in [4.69, 9.17) is 22.1 Å². The van der Waals surface area contributed by atoms with Crippen molar-refractivity contribution in [1.29, 1.82) is 0 Å². The largest absolute Gasteiger partial charge is 0.383 e. The molecule has 2 atom stereocenters. The number of aromatic nitrogens is 1. The fourth-order valence-corrected chi connectivity index (χ4v) is 3.57. The summed E-state index contributed by atoms with van der Waals surface area (Å²) in [5, 5.41) is 3.45. The van der Waals surface area contributed by atoms with E-state index in [1.807, 2.05) is 13.0 Å². The highest BCUT2D eigenvalue weighted by Gasteiger charge is 2.26. The number of halogens is 2. The van der Waals surface area contributed by atoms with Crippen LogP contribution in [0.5, 0.6) is 0 Å². The molecule has 2 unspecified atom stereocenters. The van der Waals surface area contributed by atoms with Gasteiger partial charge in [-0.05, 0) is 6.08 Å². The van der Waals surface area contributed by atoms with Gasteiger partial charge < -0.3 is 25.7 Å². The third kappa shape index (κ3) is 4.91. The molecule has 3 rings (SSSR count). The van der Waals surface area contributed by atoms with E-state index in [2.05, 4.69) is 26.9 Å². The van der Waals surface area contributed by atoms with Crippen LogP contribution < -0.4 is 21.8 Å². The van der Waals surface area contributed by atoms with Gasteiger partial charge in [0.1, 0.15) is 11.3 Å². The lowest BCUT2D eigenvalue weighted by atomic mass is 10.2. The average Bonchev–Trinajstić information content (AvgIpc) is 3.18. The summed E-state index contributed by atoms with van der Waals surface area (Å²) in [5.74, 6) is -0.597. The van der Waals surface area contributed by atoms with E-state index in [0.717, 1.165) is 11.3 Å². The number of morpholine rings is 1. The minimum absolute atomic E-state index is 0.0247. The van der Waals surface area contributed by atoms with Gasteiger partial charge in [-0.2, -0.15) is 0 Å². The van der Waals surface area contributed by atoms with Gasteiger partial charge in [-0.1, -0.05) is 19.6 Å². The van der Waals surface area contributed by atoms with Gasteiger partial charge in [0.05, 0.1) is 31.2 Å². The number of nitrogens with zero attached hydrogens (tertiary/aromatic N) is 3. The van der Waals surface area contributed by atoms with Crippen molar-refractivity contribution in [2.75, 3.05) is 32.8 Å². The highest BCUT2D eigenvalue weighted by molar-refractivity contribution is 6.24. The minimum atomic E-state index is -0.656. The van der Waals surface area contributed by atoms with E-state index in [-0.39, 0.29) is 35.5 Å². The Hall–Kier alpha value is -2.65. The normalized spacial score (nSPS) is 22.4. The molecule has 0 spiro atoms. The average molecular weight is 437 g/mol. The highest BCUT2D eigenvalue weighted by Crippen LogP contribution is 2.12. The number of H-pyrrole nitrogens is 1. The van der Waals surface area contributed by atoms with Crippen molar-refractivity contribution in [3.8, 4) is 0 Å². The molecule has 2 aliphatic heterocycles. The van der Waals surface area contributed by atoms with Crippen molar-refractivity contribution in [2.45, 2.75) is 24.8 Å². The number of carbonyl (C=O) groups is 1.